The van der Waals surface area contributed by atoms with E-state index in [0.29, 0.717) is 12.1 Å². The summed E-state index contributed by atoms with van der Waals surface area (Å²) in [6.45, 7) is 4.10. The summed E-state index contributed by atoms with van der Waals surface area (Å²) in [5.41, 5.74) is 0.708. The van der Waals surface area contributed by atoms with Gasteiger partial charge in [0.2, 0.25) is 0 Å². The third-order valence-corrected chi connectivity index (χ3v) is 2.89. The molecule has 0 fully saturated rings. The molecule has 0 aliphatic rings. The standard InChI is InChI=1S/C14H18ClF3N2O/c1-4-11-5-10(6-12(15)19-11)13(21)20(7-9(2)3)8-14(16,17)18/h5-6,9H,4,7-8H2,1-3H3. The maximum Gasteiger partial charge on any atom is 0.406 e. The van der Waals surface area contributed by atoms with E-state index >= 15 is 0 Å². The van der Waals surface area contributed by atoms with Gasteiger partial charge in [0.05, 0.1) is 0 Å². The number of carbonyl (C=O) groups is 1. The molecule has 0 spiro atoms. The number of hydrogen-bond acceptors (Lipinski definition) is 2. The highest BCUT2D eigenvalue weighted by Gasteiger charge is 2.33. The van der Waals surface area contributed by atoms with E-state index in [2.05, 4.69) is 4.98 Å². The predicted molar refractivity (Wildman–Crippen MR) is 75.4 cm³/mol. The molecule has 0 radical (unpaired) electrons. The van der Waals surface area contributed by atoms with Crippen molar-refractivity contribution >= 4 is 17.5 Å². The van der Waals surface area contributed by atoms with Crippen LogP contribution >= 0.6 is 11.6 Å². The molecular formula is C14H18ClF3N2O. The summed E-state index contributed by atoms with van der Waals surface area (Å²) in [7, 11) is 0. The van der Waals surface area contributed by atoms with Crippen LogP contribution in [0.25, 0.3) is 0 Å². The molecule has 0 bridgehead atoms. The number of carbonyl (C=O) groups excluding carboxylic acids is 1. The topological polar surface area (TPSA) is 33.2 Å². The SMILES string of the molecule is CCc1cc(C(=O)N(CC(C)C)CC(F)(F)F)cc(Cl)n1. The Morgan fingerprint density at radius 3 is 2.48 bits per heavy atom. The van der Waals surface area contributed by atoms with Gasteiger partial charge in [-0.2, -0.15) is 13.2 Å². The Morgan fingerprint density at radius 2 is 2.00 bits per heavy atom. The van der Waals surface area contributed by atoms with Gasteiger partial charge in [-0.1, -0.05) is 32.4 Å². The van der Waals surface area contributed by atoms with Crippen LogP contribution in [0.2, 0.25) is 5.15 Å². The Balaban J connectivity index is 3.06. The summed E-state index contributed by atoms with van der Waals surface area (Å²) in [5.74, 6) is -0.751. The van der Waals surface area contributed by atoms with Gasteiger partial charge >= 0.3 is 6.18 Å². The van der Waals surface area contributed by atoms with Crippen molar-refractivity contribution in [3.05, 3.63) is 28.5 Å². The minimum absolute atomic E-state index is 0.0275. The maximum absolute atomic E-state index is 12.6. The molecule has 0 aliphatic heterocycles. The Kier molecular flexibility index (Phi) is 6.01. The molecule has 1 amide bonds. The largest absolute Gasteiger partial charge is 0.406 e. The van der Waals surface area contributed by atoms with Crippen molar-refractivity contribution in [1.82, 2.24) is 9.88 Å². The van der Waals surface area contributed by atoms with E-state index in [1.54, 1.807) is 13.8 Å². The van der Waals surface area contributed by atoms with E-state index in [1.807, 2.05) is 6.92 Å². The normalized spacial score (nSPS) is 11.8. The van der Waals surface area contributed by atoms with Crippen LogP contribution in [0.4, 0.5) is 13.2 Å². The first-order valence-corrected chi connectivity index (χ1v) is 7.02. The maximum atomic E-state index is 12.6. The number of alkyl halides is 3. The molecule has 1 aromatic rings. The van der Waals surface area contributed by atoms with Crippen molar-refractivity contribution in [2.75, 3.05) is 13.1 Å². The number of halogens is 4. The minimum Gasteiger partial charge on any atom is -0.329 e. The highest BCUT2D eigenvalue weighted by Crippen LogP contribution is 2.20. The van der Waals surface area contributed by atoms with Crippen LogP contribution in [0, 0.1) is 5.92 Å². The monoisotopic (exact) mass is 322 g/mol. The smallest absolute Gasteiger partial charge is 0.329 e. The van der Waals surface area contributed by atoms with E-state index in [1.165, 1.54) is 12.1 Å². The highest BCUT2D eigenvalue weighted by atomic mass is 35.5. The van der Waals surface area contributed by atoms with Gasteiger partial charge in [-0.3, -0.25) is 4.79 Å². The lowest BCUT2D eigenvalue weighted by atomic mass is 10.1. The molecule has 1 heterocycles. The first-order valence-electron chi connectivity index (χ1n) is 6.65. The minimum atomic E-state index is -4.44. The number of hydrogen-bond donors (Lipinski definition) is 0. The van der Waals surface area contributed by atoms with Crippen LogP contribution in [-0.4, -0.2) is 35.1 Å². The van der Waals surface area contributed by atoms with Crippen LogP contribution in [0.5, 0.6) is 0 Å². The van der Waals surface area contributed by atoms with Crippen LogP contribution in [0.3, 0.4) is 0 Å². The Morgan fingerprint density at radius 1 is 1.38 bits per heavy atom. The summed E-state index contributed by atoms with van der Waals surface area (Å²) < 4.78 is 37.9. The zero-order valence-corrected chi connectivity index (χ0v) is 12.9. The van der Waals surface area contributed by atoms with Gasteiger partial charge in [0.1, 0.15) is 11.7 Å². The van der Waals surface area contributed by atoms with Gasteiger partial charge < -0.3 is 4.90 Å². The number of aromatic nitrogens is 1. The lowest BCUT2D eigenvalue weighted by Crippen LogP contribution is -2.41. The van der Waals surface area contributed by atoms with Gasteiger partial charge in [0.15, 0.2) is 0 Å². The van der Waals surface area contributed by atoms with E-state index < -0.39 is 18.6 Å². The summed E-state index contributed by atoms with van der Waals surface area (Å²) in [6.07, 6.45) is -3.89. The van der Waals surface area contributed by atoms with Crippen LogP contribution < -0.4 is 0 Å². The average Bonchev–Trinajstić information content (AvgIpc) is 2.34. The van der Waals surface area contributed by atoms with Crippen LogP contribution in [0.15, 0.2) is 12.1 Å². The zero-order valence-electron chi connectivity index (χ0n) is 12.2. The molecule has 0 aliphatic carbocycles. The Labute approximate surface area is 127 Å². The van der Waals surface area contributed by atoms with Crippen LogP contribution in [-0.2, 0) is 6.42 Å². The van der Waals surface area contributed by atoms with E-state index in [9.17, 15) is 18.0 Å². The van der Waals surface area contributed by atoms with Gasteiger partial charge in [-0.25, -0.2) is 4.98 Å². The van der Waals surface area contributed by atoms with Gasteiger partial charge in [-0.15, -0.1) is 0 Å². The molecule has 7 heteroatoms. The number of amides is 1. The van der Waals surface area contributed by atoms with E-state index in [4.69, 9.17) is 11.6 Å². The number of nitrogens with zero attached hydrogens (tertiary/aromatic N) is 2. The number of aryl methyl sites for hydroxylation is 1. The molecule has 3 nitrogen and oxygen atoms in total. The summed E-state index contributed by atoms with van der Waals surface area (Å²) in [5, 5.41) is 0.106. The van der Waals surface area contributed by atoms with Crippen molar-refractivity contribution in [2.24, 2.45) is 5.92 Å². The second kappa shape index (κ2) is 7.11. The third kappa shape index (κ3) is 5.91. The van der Waals surface area contributed by atoms with Crippen molar-refractivity contribution in [3.63, 3.8) is 0 Å². The molecule has 0 saturated carbocycles. The summed E-state index contributed by atoms with van der Waals surface area (Å²) in [4.78, 5) is 17.1. The molecule has 0 atom stereocenters. The van der Waals surface area contributed by atoms with E-state index in [0.717, 1.165) is 4.90 Å². The fraction of sp³-hybridized carbons (Fsp3) is 0.571. The van der Waals surface area contributed by atoms with Crippen molar-refractivity contribution in [3.8, 4) is 0 Å². The molecule has 0 N–H and O–H groups in total. The fourth-order valence-electron chi connectivity index (χ4n) is 1.91. The average molecular weight is 323 g/mol. The second-order valence-corrected chi connectivity index (χ2v) is 5.61. The van der Waals surface area contributed by atoms with Gasteiger partial charge in [0, 0.05) is 17.8 Å². The molecule has 21 heavy (non-hydrogen) atoms. The molecule has 118 valence electrons. The van der Waals surface area contributed by atoms with Crippen molar-refractivity contribution < 1.29 is 18.0 Å². The molecule has 1 rings (SSSR count). The molecule has 0 aromatic carbocycles. The lowest BCUT2D eigenvalue weighted by molar-refractivity contribution is -0.141. The fourth-order valence-corrected chi connectivity index (χ4v) is 2.14. The van der Waals surface area contributed by atoms with Crippen LogP contribution in [0.1, 0.15) is 36.8 Å². The Hall–Kier alpha value is -1.30. The summed E-state index contributed by atoms with van der Waals surface area (Å²) >= 11 is 5.81. The summed E-state index contributed by atoms with van der Waals surface area (Å²) in [6, 6.07) is 2.78. The third-order valence-electron chi connectivity index (χ3n) is 2.70. The molecule has 1 aromatic heterocycles. The molecule has 0 unspecified atom stereocenters. The number of rotatable bonds is 5. The van der Waals surface area contributed by atoms with Gasteiger partial charge in [0.25, 0.3) is 5.91 Å². The zero-order chi connectivity index (χ0) is 16.2. The second-order valence-electron chi connectivity index (χ2n) is 5.22. The Bertz CT molecular complexity index is 503. The van der Waals surface area contributed by atoms with Crippen molar-refractivity contribution in [1.29, 1.82) is 0 Å². The predicted octanol–water partition coefficient (Wildman–Crippen LogP) is 3.96. The quantitative estimate of drug-likeness (QED) is 0.769. The van der Waals surface area contributed by atoms with Gasteiger partial charge in [-0.05, 0) is 24.5 Å². The first kappa shape index (κ1) is 17.8. The highest BCUT2D eigenvalue weighted by molar-refractivity contribution is 6.29. The first-order chi connectivity index (χ1) is 9.62. The van der Waals surface area contributed by atoms with Crippen molar-refractivity contribution in [2.45, 2.75) is 33.4 Å². The number of pyridine rings is 1. The molecule has 0 saturated heterocycles. The molecular weight excluding hydrogens is 305 g/mol. The van der Waals surface area contributed by atoms with E-state index in [-0.39, 0.29) is 23.2 Å². The lowest BCUT2D eigenvalue weighted by Gasteiger charge is -2.26.